The average Bonchev–Trinajstić information content (AvgIpc) is 2.42. The fourth-order valence-corrected chi connectivity index (χ4v) is 2.01. The Kier molecular flexibility index (Phi) is 4.17. The van der Waals surface area contributed by atoms with E-state index in [0.717, 1.165) is 11.3 Å². The number of ether oxygens (including phenoxy) is 1. The molecule has 0 aliphatic rings. The molecule has 2 rings (SSSR count). The number of aliphatic hydroxyl groups excluding tert-OH is 1. The summed E-state index contributed by atoms with van der Waals surface area (Å²) in [6.45, 7) is 1.70. The summed E-state index contributed by atoms with van der Waals surface area (Å²) in [7, 11) is 1.59. The minimum Gasteiger partial charge on any atom is -0.496 e. The highest BCUT2D eigenvalue weighted by molar-refractivity contribution is 5.35. The number of methoxy groups -OCH3 is 1. The summed E-state index contributed by atoms with van der Waals surface area (Å²) in [4.78, 5) is 0. The van der Waals surface area contributed by atoms with Crippen molar-refractivity contribution in [2.45, 2.75) is 19.4 Å². The maximum atomic E-state index is 13.5. The first-order valence-electron chi connectivity index (χ1n) is 6.18. The minimum absolute atomic E-state index is 0.295. The van der Waals surface area contributed by atoms with Gasteiger partial charge < -0.3 is 9.84 Å². The van der Waals surface area contributed by atoms with Crippen LogP contribution in [-0.4, -0.2) is 12.2 Å². The lowest BCUT2D eigenvalue weighted by atomic mass is 9.99. The zero-order chi connectivity index (χ0) is 13.8. The second-order valence-electron chi connectivity index (χ2n) is 4.54. The molecular formula is C16H17FO2. The largest absolute Gasteiger partial charge is 0.496 e. The number of benzene rings is 2. The van der Waals surface area contributed by atoms with Crippen LogP contribution in [0.2, 0.25) is 0 Å². The van der Waals surface area contributed by atoms with Crippen molar-refractivity contribution in [2.24, 2.45) is 0 Å². The van der Waals surface area contributed by atoms with E-state index in [1.807, 2.05) is 24.3 Å². The van der Waals surface area contributed by atoms with Crippen LogP contribution in [0.25, 0.3) is 0 Å². The standard InChI is InChI=1S/C16H17FO2/c1-11-7-8-12(9-14(11)17)15(18)10-13-5-3-4-6-16(13)19-2/h3-9,15,18H,10H2,1-2H3. The number of halogens is 1. The molecule has 0 aromatic heterocycles. The quantitative estimate of drug-likeness (QED) is 0.912. The van der Waals surface area contributed by atoms with Gasteiger partial charge in [0.1, 0.15) is 11.6 Å². The van der Waals surface area contributed by atoms with Gasteiger partial charge in [0.2, 0.25) is 0 Å². The molecule has 0 radical (unpaired) electrons. The molecule has 0 saturated carbocycles. The molecule has 2 aromatic rings. The Hall–Kier alpha value is -1.87. The Balaban J connectivity index is 2.20. The maximum absolute atomic E-state index is 13.5. The highest BCUT2D eigenvalue weighted by Gasteiger charge is 2.13. The van der Waals surface area contributed by atoms with Crippen LogP contribution in [0.5, 0.6) is 5.75 Å². The van der Waals surface area contributed by atoms with Gasteiger partial charge in [-0.2, -0.15) is 0 Å². The third-order valence-corrected chi connectivity index (χ3v) is 3.19. The summed E-state index contributed by atoms with van der Waals surface area (Å²) in [6.07, 6.45) is -0.349. The molecule has 0 fully saturated rings. The summed E-state index contributed by atoms with van der Waals surface area (Å²) in [5, 5.41) is 10.2. The molecule has 0 spiro atoms. The van der Waals surface area contributed by atoms with Crippen molar-refractivity contribution in [1.82, 2.24) is 0 Å². The van der Waals surface area contributed by atoms with E-state index >= 15 is 0 Å². The van der Waals surface area contributed by atoms with E-state index in [-0.39, 0.29) is 5.82 Å². The van der Waals surface area contributed by atoms with E-state index in [1.54, 1.807) is 26.2 Å². The molecule has 0 heterocycles. The summed E-state index contributed by atoms with van der Waals surface area (Å²) >= 11 is 0. The fourth-order valence-electron chi connectivity index (χ4n) is 2.01. The molecule has 1 unspecified atom stereocenters. The Labute approximate surface area is 112 Å². The minimum atomic E-state index is -0.744. The fraction of sp³-hybridized carbons (Fsp3) is 0.250. The number of hydrogen-bond acceptors (Lipinski definition) is 2. The molecule has 0 amide bonds. The Morgan fingerprint density at radius 1 is 1.21 bits per heavy atom. The van der Waals surface area contributed by atoms with Gasteiger partial charge in [-0.05, 0) is 35.7 Å². The third kappa shape index (κ3) is 3.12. The smallest absolute Gasteiger partial charge is 0.126 e. The van der Waals surface area contributed by atoms with E-state index in [0.29, 0.717) is 17.5 Å². The Bertz CT molecular complexity index is 566. The summed E-state index contributed by atoms with van der Waals surface area (Å²) < 4.78 is 18.7. The number of aryl methyl sites for hydroxylation is 1. The van der Waals surface area contributed by atoms with Gasteiger partial charge in [0.05, 0.1) is 13.2 Å². The summed E-state index contributed by atoms with van der Waals surface area (Å²) in [6, 6.07) is 12.3. The summed E-state index contributed by atoms with van der Waals surface area (Å²) in [5.41, 5.74) is 2.06. The van der Waals surface area contributed by atoms with Gasteiger partial charge in [0, 0.05) is 6.42 Å². The van der Waals surface area contributed by atoms with Crippen molar-refractivity contribution in [3.8, 4) is 5.75 Å². The van der Waals surface area contributed by atoms with Crippen molar-refractivity contribution >= 4 is 0 Å². The van der Waals surface area contributed by atoms with Gasteiger partial charge in [0.15, 0.2) is 0 Å². The monoisotopic (exact) mass is 260 g/mol. The molecule has 1 N–H and O–H groups in total. The second-order valence-corrected chi connectivity index (χ2v) is 4.54. The van der Waals surface area contributed by atoms with Crippen LogP contribution in [-0.2, 0) is 6.42 Å². The first-order chi connectivity index (χ1) is 9.11. The van der Waals surface area contributed by atoms with Crippen molar-refractivity contribution in [2.75, 3.05) is 7.11 Å². The Morgan fingerprint density at radius 2 is 1.95 bits per heavy atom. The first-order valence-corrected chi connectivity index (χ1v) is 6.18. The van der Waals surface area contributed by atoms with E-state index in [1.165, 1.54) is 6.07 Å². The van der Waals surface area contributed by atoms with E-state index in [4.69, 9.17) is 4.74 Å². The number of hydrogen-bond donors (Lipinski definition) is 1. The number of rotatable bonds is 4. The lowest BCUT2D eigenvalue weighted by Gasteiger charge is -2.14. The van der Waals surface area contributed by atoms with Crippen molar-refractivity contribution in [1.29, 1.82) is 0 Å². The van der Waals surface area contributed by atoms with Gasteiger partial charge in [-0.15, -0.1) is 0 Å². The predicted octanol–water partition coefficient (Wildman–Crippen LogP) is 3.42. The lowest BCUT2D eigenvalue weighted by Crippen LogP contribution is -2.04. The van der Waals surface area contributed by atoms with E-state index < -0.39 is 6.10 Å². The van der Waals surface area contributed by atoms with Crippen LogP contribution in [0, 0.1) is 12.7 Å². The zero-order valence-corrected chi connectivity index (χ0v) is 11.1. The van der Waals surface area contributed by atoms with Gasteiger partial charge in [-0.1, -0.05) is 30.3 Å². The first kappa shape index (κ1) is 13.6. The van der Waals surface area contributed by atoms with Crippen LogP contribution in [0.1, 0.15) is 22.8 Å². The maximum Gasteiger partial charge on any atom is 0.126 e. The van der Waals surface area contributed by atoms with Crippen molar-refractivity contribution in [3.63, 3.8) is 0 Å². The second kappa shape index (κ2) is 5.85. The van der Waals surface area contributed by atoms with Crippen molar-refractivity contribution < 1.29 is 14.2 Å². The molecule has 19 heavy (non-hydrogen) atoms. The molecule has 1 atom stereocenters. The Morgan fingerprint density at radius 3 is 2.63 bits per heavy atom. The van der Waals surface area contributed by atoms with Crippen LogP contribution in [0.15, 0.2) is 42.5 Å². The van der Waals surface area contributed by atoms with Gasteiger partial charge in [0.25, 0.3) is 0 Å². The van der Waals surface area contributed by atoms with Crippen LogP contribution >= 0.6 is 0 Å². The van der Waals surface area contributed by atoms with E-state index in [2.05, 4.69) is 0 Å². The lowest BCUT2D eigenvalue weighted by molar-refractivity contribution is 0.177. The van der Waals surface area contributed by atoms with Gasteiger partial charge >= 0.3 is 0 Å². The van der Waals surface area contributed by atoms with E-state index in [9.17, 15) is 9.50 Å². The zero-order valence-electron chi connectivity index (χ0n) is 11.1. The van der Waals surface area contributed by atoms with Crippen LogP contribution < -0.4 is 4.74 Å². The molecule has 0 bridgehead atoms. The molecule has 0 aliphatic carbocycles. The normalized spacial score (nSPS) is 12.2. The van der Waals surface area contributed by atoms with Crippen molar-refractivity contribution in [3.05, 3.63) is 65.0 Å². The molecule has 2 nitrogen and oxygen atoms in total. The molecular weight excluding hydrogens is 243 g/mol. The molecule has 0 saturated heterocycles. The number of para-hydroxylation sites is 1. The van der Waals surface area contributed by atoms with Gasteiger partial charge in [-0.3, -0.25) is 0 Å². The highest BCUT2D eigenvalue weighted by Crippen LogP contribution is 2.25. The molecule has 100 valence electrons. The summed E-state index contributed by atoms with van der Waals surface area (Å²) in [5.74, 6) is 0.436. The number of aliphatic hydroxyl groups is 1. The van der Waals surface area contributed by atoms with Crippen LogP contribution in [0.4, 0.5) is 4.39 Å². The molecule has 3 heteroatoms. The predicted molar refractivity (Wildman–Crippen MR) is 72.8 cm³/mol. The average molecular weight is 260 g/mol. The molecule has 2 aromatic carbocycles. The van der Waals surface area contributed by atoms with Crippen LogP contribution in [0.3, 0.4) is 0 Å². The topological polar surface area (TPSA) is 29.5 Å². The third-order valence-electron chi connectivity index (χ3n) is 3.19. The van der Waals surface area contributed by atoms with Gasteiger partial charge in [-0.25, -0.2) is 4.39 Å². The molecule has 0 aliphatic heterocycles. The SMILES string of the molecule is COc1ccccc1CC(O)c1ccc(C)c(F)c1. The highest BCUT2D eigenvalue weighted by atomic mass is 19.1.